The number of halogens is 1. The molecule has 0 atom stereocenters. The zero-order valence-corrected chi connectivity index (χ0v) is 16.4. The smallest absolute Gasteiger partial charge is 0.307 e. The minimum Gasteiger partial charge on any atom is -0.463 e. The molecule has 23 heavy (non-hydrogen) atoms. The summed E-state index contributed by atoms with van der Waals surface area (Å²) in [6.07, 6.45) is 2.81. The van der Waals surface area contributed by atoms with E-state index >= 15 is 0 Å². The van der Waals surface area contributed by atoms with Gasteiger partial charge in [-0.25, -0.2) is 0 Å². The fourth-order valence-corrected chi connectivity index (χ4v) is 1.78. The van der Waals surface area contributed by atoms with Gasteiger partial charge in [0.2, 0.25) is 0 Å². The summed E-state index contributed by atoms with van der Waals surface area (Å²) in [7, 11) is 0. The maximum Gasteiger partial charge on any atom is 0.307 e. The van der Waals surface area contributed by atoms with Crippen molar-refractivity contribution in [1.82, 2.24) is 15.6 Å². The third-order valence-electron chi connectivity index (χ3n) is 2.70. The molecule has 2 N–H and O–H groups in total. The number of aliphatic imine (C=N–C) groups is 1. The molecule has 1 aromatic heterocycles. The number of aromatic nitrogens is 1. The number of esters is 1. The van der Waals surface area contributed by atoms with Gasteiger partial charge in [-0.1, -0.05) is 6.07 Å². The van der Waals surface area contributed by atoms with Gasteiger partial charge in [-0.3, -0.25) is 14.8 Å². The van der Waals surface area contributed by atoms with E-state index in [9.17, 15) is 4.79 Å². The molecule has 7 heteroatoms. The molecule has 0 aliphatic carbocycles. The van der Waals surface area contributed by atoms with Gasteiger partial charge < -0.3 is 15.4 Å². The molecule has 1 rings (SSSR count). The van der Waals surface area contributed by atoms with Crippen LogP contribution in [-0.2, 0) is 16.0 Å². The summed E-state index contributed by atoms with van der Waals surface area (Å²) in [5, 5.41) is 6.38. The number of nitrogens with one attached hydrogen (secondary N) is 2. The van der Waals surface area contributed by atoms with E-state index in [4.69, 9.17) is 4.74 Å². The van der Waals surface area contributed by atoms with Crippen molar-refractivity contribution in [2.24, 2.45) is 4.99 Å². The van der Waals surface area contributed by atoms with E-state index in [2.05, 4.69) is 20.6 Å². The number of hydrogen-bond acceptors (Lipinski definition) is 4. The lowest BCUT2D eigenvalue weighted by atomic mass is 10.3. The van der Waals surface area contributed by atoms with Crippen LogP contribution in [0.5, 0.6) is 0 Å². The fourth-order valence-electron chi connectivity index (χ4n) is 1.78. The summed E-state index contributed by atoms with van der Waals surface area (Å²) in [6, 6.07) is 5.87. The molecule has 0 aliphatic rings. The number of carbonyl (C=O) groups excluding carboxylic acids is 1. The van der Waals surface area contributed by atoms with Crippen LogP contribution in [0.2, 0.25) is 0 Å². The van der Waals surface area contributed by atoms with E-state index in [0.29, 0.717) is 12.5 Å². The molecule has 0 amide bonds. The first-order valence-corrected chi connectivity index (χ1v) is 7.73. The van der Waals surface area contributed by atoms with Crippen molar-refractivity contribution < 1.29 is 9.53 Å². The van der Waals surface area contributed by atoms with Gasteiger partial charge in [-0.2, -0.15) is 0 Å². The second kappa shape index (κ2) is 13.1. The number of hydrogen-bond donors (Lipinski definition) is 2. The largest absolute Gasteiger partial charge is 0.463 e. The van der Waals surface area contributed by atoms with Crippen molar-refractivity contribution in [3.8, 4) is 0 Å². The zero-order valence-electron chi connectivity index (χ0n) is 14.0. The molecule has 0 saturated heterocycles. The van der Waals surface area contributed by atoms with Crippen LogP contribution in [0.15, 0.2) is 29.4 Å². The lowest BCUT2D eigenvalue weighted by Gasteiger charge is -2.11. The number of nitrogens with zero attached hydrogens (tertiary/aromatic N) is 2. The molecule has 1 heterocycles. The van der Waals surface area contributed by atoms with Crippen LogP contribution in [0.1, 0.15) is 32.9 Å². The topological polar surface area (TPSA) is 75.6 Å². The van der Waals surface area contributed by atoms with Crippen molar-refractivity contribution in [2.45, 2.75) is 39.7 Å². The van der Waals surface area contributed by atoms with Crippen LogP contribution in [0.25, 0.3) is 0 Å². The number of carbonyl (C=O) groups is 1. The van der Waals surface area contributed by atoms with Crippen LogP contribution in [0.3, 0.4) is 0 Å². The molecule has 0 unspecified atom stereocenters. The van der Waals surface area contributed by atoms with Crippen LogP contribution < -0.4 is 10.6 Å². The quantitative estimate of drug-likeness (QED) is 0.284. The van der Waals surface area contributed by atoms with E-state index in [1.165, 1.54) is 0 Å². The average molecular weight is 434 g/mol. The number of guanidine groups is 1. The van der Waals surface area contributed by atoms with E-state index in [0.717, 1.165) is 25.2 Å². The van der Waals surface area contributed by atoms with Gasteiger partial charge in [0.25, 0.3) is 0 Å². The highest BCUT2D eigenvalue weighted by atomic mass is 127. The van der Waals surface area contributed by atoms with Gasteiger partial charge >= 0.3 is 5.97 Å². The number of pyridine rings is 1. The third-order valence-corrected chi connectivity index (χ3v) is 2.70. The summed E-state index contributed by atoms with van der Waals surface area (Å²) in [5.41, 5.74) is 1.03. The van der Waals surface area contributed by atoms with Crippen molar-refractivity contribution in [3.05, 3.63) is 30.1 Å². The minimum atomic E-state index is -0.219. The predicted molar refractivity (Wildman–Crippen MR) is 103 cm³/mol. The minimum absolute atomic E-state index is 0. The first-order valence-electron chi connectivity index (χ1n) is 7.73. The van der Waals surface area contributed by atoms with Gasteiger partial charge in [0.05, 0.1) is 19.1 Å². The van der Waals surface area contributed by atoms with Crippen LogP contribution >= 0.6 is 24.0 Å². The molecular formula is C16H27IN4O2. The summed E-state index contributed by atoms with van der Waals surface area (Å²) in [5.74, 6) is 0.485. The standard InChI is InChI=1S/C16H26N4O2.HI/c1-4-17-16(20-12-9-15(21)22-13(2)3)19-11-8-14-7-5-6-10-18-14;/h5-7,10,13H,4,8-9,11-12H2,1-3H3,(H2,17,19,20);1H. The Kier molecular flexibility index (Phi) is 12.3. The van der Waals surface area contributed by atoms with Gasteiger partial charge in [0.1, 0.15) is 0 Å². The molecule has 0 aromatic carbocycles. The Morgan fingerprint density at radius 2 is 2.13 bits per heavy atom. The molecular weight excluding hydrogens is 407 g/mol. The first-order chi connectivity index (χ1) is 10.6. The second-order valence-corrected chi connectivity index (χ2v) is 5.05. The van der Waals surface area contributed by atoms with E-state index in [1.54, 1.807) is 6.20 Å². The molecule has 0 fully saturated rings. The Labute approximate surface area is 155 Å². The predicted octanol–water partition coefficient (Wildman–Crippen LogP) is 2.14. The summed E-state index contributed by atoms with van der Waals surface area (Å²) < 4.78 is 5.07. The molecule has 1 aromatic rings. The highest BCUT2D eigenvalue weighted by Gasteiger charge is 2.05. The molecule has 0 radical (unpaired) electrons. The zero-order chi connectivity index (χ0) is 16.2. The normalized spacial score (nSPS) is 10.9. The van der Waals surface area contributed by atoms with Gasteiger partial charge in [-0.05, 0) is 32.9 Å². The first kappa shape index (κ1) is 21.6. The Balaban J connectivity index is 0.00000484. The molecule has 0 bridgehead atoms. The van der Waals surface area contributed by atoms with Gasteiger partial charge in [0, 0.05) is 31.4 Å². The lowest BCUT2D eigenvalue weighted by Crippen LogP contribution is -2.38. The Morgan fingerprint density at radius 3 is 2.74 bits per heavy atom. The molecule has 130 valence electrons. The monoisotopic (exact) mass is 434 g/mol. The van der Waals surface area contributed by atoms with Crippen LogP contribution in [0.4, 0.5) is 0 Å². The maximum absolute atomic E-state index is 11.5. The molecule has 0 spiro atoms. The van der Waals surface area contributed by atoms with Gasteiger partial charge in [0.15, 0.2) is 5.96 Å². The fraction of sp³-hybridized carbons (Fsp3) is 0.562. The average Bonchev–Trinajstić information content (AvgIpc) is 2.47. The molecule has 0 aliphatic heterocycles. The van der Waals surface area contributed by atoms with E-state index in [-0.39, 0.29) is 42.5 Å². The number of rotatable bonds is 8. The summed E-state index contributed by atoms with van der Waals surface area (Å²) >= 11 is 0. The Morgan fingerprint density at radius 1 is 1.35 bits per heavy atom. The maximum atomic E-state index is 11.5. The third kappa shape index (κ3) is 10.9. The number of ether oxygens (including phenoxy) is 1. The van der Waals surface area contributed by atoms with Crippen molar-refractivity contribution >= 4 is 35.9 Å². The van der Waals surface area contributed by atoms with Crippen molar-refractivity contribution in [2.75, 3.05) is 19.6 Å². The summed E-state index contributed by atoms with van der Waals surface area (Å²) in [4.78, 5) is 20.1. The highest BCUT2D eigenvalue weighted by molar-refractivity contribution is 14.0. The van der Waals surface area contributed by atoms with Crippen LogP contribution in [0, 0.1) is 0 Å². The Bertz CT molecular complexity index is 466. The van der Waals surface area contributed by atoms with E-state index < -0.39 is 0 Å². The van der Waals surface area contributed by atoms with Crippen molar-refractivity contribution in [1.29, 1.82) is 0 Å². The van der Waals surface area contributed by atoms with Gasteiger partial charge in [-0.15, -0.1) is 24.0 Å². The SMILES string of the molecule is CCNC(=NCCC(=O)OC(C)C)NCCc1ccccn1.I. The second-order valence-electron chi connectivity index (χ2n) is 5.05. The highest BCUT2D eigenvalue weighted by Crippen LogP contribution is 1.95. The van der Waals surface area contributed by atoms with Crippen molar-refractivity contribution in [3.63, 3.8) is 0 Å². The molecule has 0 saturated carbocycles. The van der Waals surface area contributed by atoms with Crippen LogP contribution in [-0.4, -0.2) is 42.7 Å². The lowest BCUT2D eigenvalue weighted by molar-refractivity contribution is -0.147. The van der Waals surface area contributed by atoms with E-state index in [1.807, 2.05) is 39.0 Å². The summed E-state index contributed by atoms with van der Waals surface area (Å²) in [6.45, 7) is 7.59. The Hall–Kier alpha value is -1.38. The molecule has 6 nitrogen and oxygen atoms in total.